The highest BCUT2D eigenvalue weighted by atomic mass is 16.5. The molecule has 0 bridgehead atoms. The molecule has 0 aliphatic rings. The number of hydrogen-bond acceptors (Lipinski definition) is 4. The summed E-state index contributed by atoms with van der Waals surface area (Å²) in [5.41, 5.74) is 2.21. The highest BCUT2D eigenvalue weighted by molar-refractivity contribution is 5.35. The molecule has 0 aliphatic heterocycles. The Morgan fingerprint density at radius 3 is 2.58 bits per heavy atom. The van der Waals surface area contributed by atoms with Crippen LogP contribution in [0.1, 0.15) is 17.1 Å². The average Bonchev–Trinajstić information content (AvgIpc) is 2.46. The second-order valence-corrected chi connectivity index (χ2v) is 4.33. The van der Waals surface area contributed by atoms with Crippen molar-refractivity contribution in [3.05, 3.63) is 53.5 Å². The molecule has 4 heteroatoms. The molecule has 0 fully saturated rings. The number of methoxy groups -OCH3 is 1. The van der Waals surface area contributed by atoms with E-state index in [1.54, 1.807) is 7.11 Å². The van der Waals surface area contributed by atoms with E-state index in [-0.39, 0.29) is 0 Å². The molecule has 0 saturated carbocycles. The standard InChI is InChI=1S/C15H19N3O/c1-16-15-10-13(11-19-2)17-14(18-15)9-8-12-6-4-3-5-7-12/h3-7,10H,8-9,11H2,1-2H3,(H,16,17,18). The molecule has 0 radical (unpaired) electrons. The molecule has 4 nitrogen and oxygen atoms in total. The number of nitrogens with zero attached hydrogens (tertiary/aromatic N) is 2. The van der Waals surface area contributed by atoms with Gasteiger partial charge in [-0.1, -0.05) is 30.3 Å². The molecule has 0 amide bonds. The van der Waals surface area contributed by atoms with Crippen molar-refractivity contribution in [2.45, 2.75) is 19.4 Å². The zero-order valence-electron chi connectivity index (χ0n) is 11.4. The van der Waals surface area contributed by atoms with Crippen LogP contribution in [-0.4, -0.2) is 24.1 Å². The summed E-state index contributed by atoms with van der Waals surface area (Å²) in [6.07, 6.45) is 1.77. The van der Waals surface area contributed by atoms with E-state index in [4.69, 9.17) is 4.74 Å². The van der Waals surface area contributed by atoms with Crippen LogP contribution in [0.25, 0.3) is 0 Å². The maximum atomic E-state index is 5.13. The number of anilines is 1. The topological polar surface area (TPSA) is 47.0 Å². The van der Waals surface area contributed by atoms with Crippen LogP contribution >= 0.6 is 0 Å². The Kier molecular flexibility index (Phi) is 4.86. The third-order valence-electron chi connectivity index (χ3n) is 2.85. The minimum Gasteiger partial charge on any atom is -0.378 e. The first-order chi connectivity index (χ1) is 9.31. The number of nitrogens with one attached hydrogen (secondary N) is 1. The van der Waals surface area contributed by atoms with Gasteiger partial charge in [0, 0.05) is 26.6 Å². The molecule has 1 N–H and O–H groups in total. The number of aryl methyl sites for hydroxylation is 2. The van der Waals surface area contributed by atoms with Gasteiger partial charge in [0.25, 0.3) is 0 Å². The van der Waals surface area contributed by atoms with Gasteiger partial charge in [-0.05, 0) is 12.0 Å². The quantitative estimate of drug-likeness (QED) is 0.863. The molecular weight excluding hydrogens is 238 g/mol. The van der Waals surface area contributed by atoms with E-state index in [0.29, 0.717) is 6.61 Å². The number of aromatic nitrogens is 2. The van der Waals surface area contributed by atoms with E-state index in [2.05, 4.69) is 39.6 Å². The molecule has 19 heavy (non-hydrogen) atoms. The summed E-state index contributed by atoms with van der Waals surface area (Å²) in [6, 6.07) is 12.3. The fourth-order valence-electron chi connectivity index (χ4n) is 1.91. The molecule has 1 aromatic heterocycles. The van der Waals surface area contributed by atoms with Gasteiger partial charge in [0.2, 0.25) is 0 Å². The summed E-state index contributed by atoms with van der Waals surface area (Å²) in [4.78, 5) is 8.98. The molecular formula is C15H19N3O. The highest BCUT2D eigenvalue weighted by Crippen LogP contribution is 2.10. The molecule has 0 atom stereocenters. The third-order valence-corrected chi connectivity index (χ3v) is 2.85. The Hall–Kier alpha value is -1.94. The smallest absolute Gasteiger partial charge is 0.131 e. The Labute approximate surface area is 113 Å². The van der Waals surface area contributed by atoms with Crippen LogP contribution in [0, 0.1) is 0 Å². The van der Waals surface area contributed by atoms with Crippen LogP contribution in [0.5, 0.6) is 0 Å². The molecule has 100 valence electrons. The van der Waals surface area contributed by atoms with E-state index < -0.39 is 0 Å². The van der Waals surface area contributed by atoms with Crippen LogP contribution in [0.15, 0.2) is 36.4 Å². The summed E-state index contributed by atoms with van der Waals surface area (Å²) in [5.74, 6) is 1.69. The number of rotatable bonds is 6. The van der Waals surface area contributed by atoms with Gasteiger partial charge in [-0.15, -0.1) is 0 Å². The Morgan fingerprint density at radius 2 is 1.89 bits per heavy atom. The van der Waals surface area contributed by atoms with Crippen molar-refractivity contribution >= 4 is 5.82 Å². The zero-order valence-corrected chi connectivity index (χ0v) is 11.4. The molecule has 0 unspecified atom stereocenters. The van der Waals surface area contributed by atoms with E-state index in [1.165, 1.54) is 5.56 Å². The van der Waals surface area contributed by atoms with E-state index in [0.717, 1.165) is 30.2 Å². The molecule has 2 aromatic rings. The normalized spacial score (nSPS) is 10.4. The predicted octanol–water partition coefficient (Wildman–Crippen LogP) is 2.45. The van der Waals surface area contributed by atoms with Crippen LogP contribution in [-0.2, 0) is 24.2 Å². The van der Waals surface area contributed by atoms with Crippen molar-refractivity contribution in [2.75, 3.05) is 19.5 Å². The van der Waals surface area contributed by atoms with Gasteiger partial charge in [-0.3, -0.25) is 0 Å². The summed E-state index contributed by atoms with van der Waals surface area (Å²) in [5, 5.41) is 3.06. The molecule has 1 aromatic carbocycles. The fourth-order valence-corrected chi connectivity index (χ4v) is 1.91. The van der Waals surface area contributed by atoms with Gasteiger partial charge < -0.3 is 10.1 Å². The monoisotopic (exact) mass is 257 g/mol. The third kappa shape index (κ3) is 4.03. The largest absolute Gasteiger partial charge is 0.378 e. The van der Waals surface area contributed by atoms with E-state index in [1.807, 2.05) is 19.2 Å². The lowest BCUT2D eigenvalue weighted by Crippen LogP contribution is -2.05. The Bertz CT molecular complexity index is 514. The second kappa shape index (κ2) is 6.85. The summed E-state index contributed by atoms with van der Waals surface area (Å²) in [6.45, 7) is 0.509. The summed E-state index contributed by atoms with van der Waals surface area (Å²) >= 11 is 0. The molecule has 1 heterocycles. The first kappa shape index (κ1) is 13.5. The van der Waals surface area contributed by atoms with Gasteiger partial charge in [0.05, 0.1) is 12.3 Å². The van der Waals surface area contributed by atoms with Crippen LogP contribution in [0.3, 0.4) is 0 Å². The van der Waals surface area contributed by atoms with Crippen LogP contribution < -0.4 is 5.32 Å². The van der Waals surface area contributed by atoms with E-state index in [9.17, 15) is 0 Å². The fraction of sp³-hybridized carbons (Fsp3) is 0.333. The SMILES string of the molecule is CNc1cc(COC)nc(CCc2ccccc2)n1. The minimum atomic E-state index is 0.509. The van der Waals surface area contributed by atoms with Crippen LogP contribution in [0.2, 0.25) is 0 Å². The molecule has 2 rings (SSSR count). The van der Waals surface area contributed by atoms with E-state index >= 15 is 0 Å². The van der Waals surface area contributed by atoms with Crippen molar-refractivity contribution in [2.24, 2.45) is 0 Å². The van der Waals surface area contributed by atoms with Gasteiger partial charge in [-0.25, -0.2) is 9.97 Å². The lowest BCUT2D eigenvalue weighted by atomic mass is 10.1. The first-order valence-corrected chi connectivity index (χ1v) is 6.39. The van der Waals surface area contributed by atoms with Crippen molar-refractivity contribution in [1.29, 1.82) is 0 Å². The van der Waals surface area contributed by atoms with Gasteiger partial charge in [0.15, 0.2) is 0 Å². The maximum absolute atomic E-state index is 5.13. The summed E-state index contributed by atoms with van der Waals surface area (Å²) < 4.78 is 5.13. The summed E-state index contributed by atoms with van der Waals surface area (Å²) in [7, 11) is 3.53. The lowest BCUT2D eigenvalue weighted by molar-refractivity contribution is 0.181. The van der Waals surface area contributed by atoms with Gasteiger partial charge in [-0.2, -0.15) is 0 Å². The Balaban J connectivity index is 2.08. The Morgan fingerprint density at radius 1 is 1.11 bits per heavy atom. The van der Waals surface area contributed by atoms with Crippen molar-refractivity contribution in [1.82, 2.24) is 9.97 Å². The molecule has 0 saturated heterocycles. The van der Waals surface area contributed by atoms with Crippen molar-refractivity contribution in [3.63, 3.8) is 0 Å². The minimum absolute atomic E-state index is 0.509. The van der Waals surface area contributed by atoms with Crippen molar-refractivity contribution < 1.29 is 4.74 Å². The van der Waals surface area contributed by atoms with Crippen molar-refractivity contribution in [3.8, 4) is 0 Å². The maximum Gasteiger partial charge on any atom is 0.131 e. The first-order valence-electron chi connectivity index (χ1n) is 6.39. The molecule has 0 aliphatic carbocycles. The second-order valence-electron chi connectivity index (χ2n) is 4.33. The van der Waals surface area contributed by atoms with Gasteiger partial charge in [0.1, 0.15) is 11.6 Å². The number of benzene rings is 1. The number of hydrogen-bond donors (Lipinski definition) is 1. The predicted molar refractivity (Wildman–Crippen MR) is 76.1 cm³/mol. The lowest BCUT2D eigenvalue weighted by Gasteiger charge is -2.07. The zero-order chi connectivity index (χ0) is 13.5. The van der Waals surface area contributed by atoms with Crippen LogP contribution in [0.4, 0.5) is 5.82 Å². The highest BCUT2D eigenvalue weighted by Gasteiger charge is 2.04. The number of ether oxygens (including phenoxy) is 1. The van der Waals surface area contributed by atoms with Gasteiger partial charge >= 0.3 is 0 Å². The molecule has 0 spiro atoms. The average molecular weight is 257 g/mol.